The van der Waals surface area contributed by atoms with Crippen LogP contribution in [-0.4, -0.2) is 9.97 Å². The zero-order valence-corrected chi connectivity index (χ0v) is 32.9. The van der Waals surface area contributed by atoms with Crippen molar-refractivity contribution in [1.29, 1.82) is 0 Å². The number of fused-ring (bicyclic) bond motifs is 12. The first-order valence-electron chi connectivity index (χ1n) is 20.0. The summed E-state index contributed by atoms with van der Waals surface area (Å²) in [5.74, 6) is 0. The van der Waals surface area contributed by atoms with Gasteiger partial charge in [0.05, 0.1) is 11.0 Å². The summed E-state index contributed by atoms with van der Waals surface area (Å²) in [5, 5.41) is 7.33. The molecule has 1 aliphatic rings. The van der Waals surface area contributed by atoms with Crippen molar-refractivity contribution in [1.82, 2.24) is 9.97 Å². The predicted molar refractivity (Wildman–Crippen MR) is 247 cm³/mol. The fourth-order valence-corrected chi connectivity index (χ4v) is 10.8. The maximum Gasteiger partial charge on any atom is 0.0971 e. The van der Waals surface area contributed by atoms with Gasteiger partial charge in [0.1, 0.15) is 0 Å². The Bertz CT molecular complexity index is 3450. The molecule has 0 saturated heterocycles. The van der Waals surface area contributed by atoms with Crippen LogP contribution in [-0.2, 0) is 5.41 Å². The van der Waals surface area contributed by atoms with Crippen molar-refractivity contribution in [3.63, 3.8) is 0 Å². The first-order valence-corrected chi connectivity index (χ1v) is 20.8. The monoisotopic (exact) mass is 756 g/mol. The van der Waals surface area contributed by atoms with Crippen molar-refractivity contribution in [2.45, 2.75) is 19.3 Å². The van der Waals surface area contributed by atoms with Gasteiger partial charge in [-0.1, -0.05) is 153 Å². The van der Waals surface area contributed by atoms with Crippen molar-refractivity contribution in [2.24, 2.45) is 0 Å². The van der Waals surface area contributed by atoms with E-state index in [2.05, 4.69) is 184 Å². The molecule has 0 unspecified atom stereocenters. The topological polar surface area (TPSA) is 25.8 Å². The molecule has 0 spiro atoms. The summed E-state index contributed by atoms with van der Waals surface area (Å²) in [7, 11) is 0. The van der Waals surface area contributed by atoms with Crippen molar-refractivity contribution in [3.8, 4) is 55.6 Å². The number of thiophene rings is 1. The van der Waals surface area contributed by atoms with Crippen LogP contribution < -0.4 is 0 Å². The summed E-state index contributed by atoms with van der Waals surface area (Å²) in [6.45, 7) is 4.77. The molecule has 0 fully saturated rings. The fraction of sp³-hybridized carbons (Fsp3) is 0.0545. The Morgan fingerprint density at radius 2 is 0.879 bits per heavy atom. The number of hydrogen-bond donors (Lipinski definition) is 0. The van der Waals surface area contributed by atoms with E-state index in [1.54, 1.807) is 12.4 Å². The molecule has 2 nitrogen and oxygen atoms in total. The third kappa shape index (κ3) is 4.97. The van der Waals surface area contributed by atoms with Crippen LogP contribution in [0.4, 0.5) is 0 Å². The van der Waals surface area contributed by atoms with Gasteiger partial charge in [-0.15, -0.1) is 11.3 Å². The first kappa shape index (κ1) is 33.2. The van der Waals surface area contributed by atoms with Crippen LogP contribution in [0.5, 0.6) is 0 Å². The number of nitrogens with zero attached hydrogens (tertiary/aromatic N) is 2. The maximum atomic E-state index is 4.74. The van der Waals surface area contributed by atoms with Gasteiger partial charge in [-0.3, -0.25) is 9.97 Å². The zero-order valence-electron chi connectivity index (χ0n) is 32.1. The highest BCUT2D eigenvalue weighted by atomic mass is 32.1. The highest BCUT2D eigenvalue weighted by Gasteiger charge is 2.36. The van der Waals surface area contributed by atoms with Crippen molar-refractivity contribution >= 4 is 64.1 Å². The molecule has 1 aliphatic carbocycles. The van der Waals surface area contributed by atoms with Gasteiger partial charge < -0.3 is 0 Å². The van der Waals surface area contributed by atoms with Gasteiger partial charge in [-0.05, 0) is 108 Å². The Morgan fingerprint density at radius 3 is 1.62 bits per heavy atom. The molecule has 12 rings (SSSR count). The van der Waals surface area contributed by atoms with Crippen LogP contribution in [0.3, 0.4) is 0 Å². The molecule has 58 heavy (non-hydrogen) atoms. The van der Waals surface area contributed by atoms with Gasteiger partial charge in [0.25, 0.3) is 0 Å². The molecule has 272 valence electrons. The molecule has 2 aromatic heterocycles. The minimum absolute atomic E-state index is 0.124. The molecular formula is C55H36N2S. The van der Waals surface area contributed by atoms with Crippen molar-refractivity contribution in [3.05, 3.63) is 193 Å². The number of benzene rings is 9. The quantitative estimate of drug-likeness (QED) is 0.167. The highest BCUT2D eigenvalue weighted by Crippen LogP contribution is 2.51. The summed E-state index contributed by atoms with van der Waals surface area (Å²) >= 11 is 1.90. The summed E-state index contributed by atoms with van der Waals surface area (Å²) in [6, 6.07) is 63.0. The molecule has 0 amide bonds. The van der Waals surface area contributed by atoms with Crippen LogP contribution in [0, 0.1) is 0 Å². The standard InChI is InChI=1S/C55H36N2S/c1-55(2)49-31-38(21-24-42(49)43-25-23-39(32-50(43)55)40-14-8-15-47-44-12-5-6-16-51(44)58-54(40)47)34-19-17-33(18-20-34)35-9-7-10-36(29-35)37-22-26-46-48(30-37)41-11-3-4-13-45(41)52-53(46)57-28-27-56-52/h3-32H,1-2H3. The Morgan fingerprint density at radius 1 is 0.362 bits per heavy atom. The summed E-state index contributed by atoms with van der Waals surface area (Å²) in [5.41, 5.74) is 17.1. The smallest absolute Gasteiger partial charge is 0.0971 e. The molecule has 3 heteroatoms. The molecule has 0 bridgehead atoms. The second-order valence-corrected chi connectivity index (χ2v) is 17.2. The SMILES string of the molecule is CC1(C)c2cc(-c3ccc(-c4cccc(-c5ccc6c(c5)c5ccccc5c5nccnc65)c4)cc3)ccc2-c2ccc(-c3cccc4c3sc3ccccc34)cc21. The molecule has 0 atom stereocenters. The second kappa shape index (κ2) is 12.5. The van der Waals surface area contributed by atoms with E-state index >= 15 is 0 Å². The number of hydrogen-bond acceptors (Lipinski definition) is 3. The van der Waals surface area contributed by atoms with E-state index < -0.39 is 0 Å². The Balaban J connectivity index is 0.860. The minimum atomic E-state index is -0.124. The van der Waals surface area contributed by atoms with Gasteiger partial charge in [0.2, 0.25) is 0 Å². The molecule has 0 saturated carbocycles. The van der Waals surface area contributed by atoms with Gasteiger partial charge in [-0.2, -0.15) is 0 Å². The highest BCUT2D eigenvalue weighted by molar-refractivity contribution is 7.26. The average molecular weight is 757 g/mol. The zero-order chi connectivity index (χ0) is 38.5. The number of rotatable bonds is 4. The minimum Gasteiger partial charge on any atom is -0.252 e. The lowest BCUT2D eigenvalue weighted by molar-refractivity contribution is 0.661. The first-order chi connectivity index (χ1) is 28.5. The lowest BCUT2D eigenvalue weighted by Gasteiger charge is -2.23. The summed E-state index contributed by atoms with van der Waals surface area (Å²) in [6.07, 6.45) is 3.57. The lowest BCUT2D eigenvalue weighted by Crippen LogP contribution is -2.15. The average Bonchev–Trinajstić information content (AvgIpc) is 3.78. The van der Waals surface area contributed by atoms with Gasteiger partial charge in [0, 0.05) is 48.8 Å². The molecular weight excluding hydrogens is 721 g/mol. The van der Waals surface area contributed by atoms with Gasteiger partial charge >= 0.3 is 0 Å². The van der Waals surface area contributed by atoms with Crippen molar-refractivity contribution < 1.29 is 0 Å². The summed E-state index contributed by atoms with van der Waals surface area (Å²) in [4.78, 5) is 9.45. The Hall–Kier alpha value is -6.94. The Labute approximate surface area is 340 Å². The number of aromatic nitrogens is 2. The third-order valence-electron chi connectivity index (χ3n) is 12.6. The predicted octanol–water partition coefficient (Wildman–Crippen LogP) is 15.3. The molecule has 9 aromatic carbocycles. The van der Waals surface area contributed by atoms with E-state index in [9.17, 15) is 0 Å². The van der Waals surface area contributed by atoms with Gasteiger partial charge in [0.15, 0.2) is 0 Å². The second-order valence-electron chi connectivity index (χ2n) is 16.1. The van der Waals surface area contributed by atoms with E-state index in [1.165, 1.54) is 97.7 Å². The summed E-state index contributed by atoms with van der Waals surface area (Å²) < 4.78 is 2.70. The maximum absolute atomic E-state index is 4.74. The third-order valence-corrected chi connectivity index (χ3v) is 13.8. The van der Waals surface area contributed by atoms with E-state index in [0.717, 1.165) is 21.8 Å². The molecule has 0 N–H and O–H groups in total. The van der Waals surface area contributed by atoms with Crippen LogP contribution in [0.1, 0.15) is 25.0 Å². The lowest BCUT2D eigenvalue weighted by atomic mass is 9.80. The molecule has 0 radical (unpaired) electrons. The van der Waals surface area contributed by atoms with E-state index in [1.807, 2.05) is 11.3 Å². The molecule has 11 aromatic rings. The Kier molecular flexibility index (Phi) is 7.18. The van der Waals surface area contributed by atoms with Gasteiger partial charge in [-0.25, -0.2) is 0 Å². The largest absolute Gasteiger partial charge is 0.252 e. The molecule has 2 heterocycles. The van der Waals surface area contributed by atoms with E-state index in [-0.39, 0.29) is 5.41 Å². The van der Waals surface area contributed by atoms with E-state index in [4.69, 9.17) is 9.97 Å². The van der Waals surface area contributed by atoms with Crippen LogP contribution in [0.2, 0.25) is 0 Å². The fourth-order valence-electron chi connectivity index (χ4n) is 9.60. The van der Waals surface area contributed by atoms with Crippen LogP contribution in [0.15, 0.2) is 182 Å². The molecule has 0 aliphatic heterocycles. The van der Waals surface area contributed by atoms with Crippen molar-refractivity contribution in [2.75, 3.05) is 0 Å². The van der Waals surface area contributed by atoms with E-state index in [0.29, 0.717) is 0 Å². The van der Waals surface area contributed by atoms with Crippen LogP contribution >= 0.6 is 11.3 Å². The van der Waals surface area contributed by atoms with Crippen LogP contribution in [0.25, 0.3) is 108 Å². The normalized spacial score (nSPS) is 13.1.